The first-order valence-electron chi connectivity index (χ1n) is 19.8. The van der Waals surface area contributed by atoms with Gasteiger partial charge in [-0.05, 0) is 112 Å². The van der Waals surface area contributed by atoms with Gasteiger partial charge >= 0.3 is 12.1 Å². The summed E-state index contributed by atoms with van der Waals surface area (Å²) >= 11 is 0. The first-order valence-corrected chi connectivity index (χ1v) is 19.8. The molecule has 0 saturated heterocycles. The molecule has 0 fully saturated rings. The fraction of sp³-hybridized carbons (Fsp3) is 0.354. The standard InChI is InChI=1S/C48H54N4O7/c1-44(2,3)59-42(56)47(8,9)50-41(55)48(51-40(54)45(4,5)49-39(53)46(6,7)52-43(57)58-29-30-17-11-10-12-18-30)27-33-25-23-31-19-13-15-21-35(31)37(33)38-34(28-48)26-24-32-20-14-16-22-36(32)38/h10-26H,27-29H2,1-9H3,(H,49,53)(H,50,55)(H,51,54)(H,52,57). The van der Waals surface area contributed by atoms with Gasteiger partial charge in [0.2, 0.25) is 17.7 Å². The summed E-state index contributed by atoms with van der Waals surface area (Å²) in [7, 11) is 0. The topological polar surface area (TPSA) is 152 Å². The average Bonchev–Trinajstić information content (AvgIpc) is 3.31. The van der Waals surface area contributed by atoms with Crippen LogP contribution in [0.2, 0.25) is 0 Å². The van der Waals surface area contributed by atoms with E-state index < -0.39 is 57.5 Å². The van der Waals surface area contributed by atoms with Crippen molar-refractivity contribution in [2.75, 3.05) is 0 Å². The number of hydrogen-bond acceptors (Lipinski definition) is 7. The van der Waals surface area contributed by atoms with Crippen LogP contribution in [0.1, 0.15) is 79.0 Å². The summed E-state index contributed by atoms with van der Waals surface area (Å²) in [5, 5.41) is 15.4. The molecule has 59 heavy (non-hydrogen) atoms. The molecule has 6 rings (SSSR count). The van der Waals surface area contributed by atoms with E-state index in [9.17, 15) is 19.2 Å². The van der Waals surface area contributed by atoms with Gasteiger partial charge in [-0.2, -0.15) is 0 Å². The summed E-state index contributed by atoms with van der Waals surface area (Å²) in [4.78, 5) is 70.0. The smallest absolute Gasteiger partial charge is 0.408 e. The minimum absolute atomic E-state index is 0.00496. The van der Waals surface area contributed by atoms with Crippen molar-refractivity contribution in [2.45, 2.75) is 110 Å². The molecule has 0 aliphatic heterocycles. The third-order valence-electron chi connectivity index (χ3n) is 10.6. The number of amides is 4. The molecule has 0 bridgehead atoms. The molecule has 11 nitrogen and oxygen atoms in total. The Balaban J connectivity index is 1.38. The summed E-state index contributed by atoms with van der Waals surface area (Å²) in [6.07, 6.45) is -0.722. The van der Waals surface area contributed by atoms with Gasteiger partial charge in [-0.3, -0.25) is 14.4 Å². The van der Waals surface area contributed by atoms with Crippen LogP contribution in [0.3, 0.4) is 0 Å². The Morgan fingerprint density at radius 2 is 1.05 bits per heavy atom. The maximum atomic E-state index is 15.2. The lowest BCUT2D eigenvalue weighted by atomic mass is 9.83. The summed E-state index contributed by atoms with van der Waals surface area (Å²) < 4.78 is 11.1. The van der Waals surface area contributed by atoms with Crippen molar-refractivity contribution in [3.8, 4) is 11.1 Å². The van der Waals surface area contributed by atoms with Gasteiger partial charge < -0.3 is 30.7 Å². The Kier molecular flexibility index (Phi) is 11.4. The lowest BCUT2D eigenvalue weighted by Crippen LogP contribution is -2.70. The van der Waals surface area contributed by atoms with Crippen molar-refractivity contribution >= 4 is 51.3 Å². The van der Waals surface area contributed by atoms with E-state index in [1.54, 1.807) is 34.6 Å². The van der Waals surface area contributed by atoms with Crippen molar-refractivity contribution < 1.29 is 33.4 Å². The third-order valence-corrected chi connectivity index (χ3v) is 10.6. The van der Waals surface area contributed by atoms with Crippen LogP contribution in [0.4, 0.5) is 4.79 Å². The summed E-state index contributed by atoms with van der Waals surface area (Å²) in [6, 6.07) is 33.2. The predicted molar refractivity (Wildman–Crippen MR) is 229 cm³/mol. The number of ether oxygens (including phenoxy) is 2. The van der Waals surface area contributed by atoms with Crippen LogP contribution >= 0.6 is 0 Å². The highest BCUT2D eigenvalue weighted by atomic mass is 16.6. The van der Waals surface area contributed by atoms with E-state index in [0.29, 0.717) is 0 Å². The number of benzene rings is 5. The van der Waals surface area contributed by atoms with Gasteiger partial charge in [-0.25, -0.2) is 9.59 Å². The fourth-order valence-corrected chi connectivity index (χ4v) is 7.34. The third kappa shape index (κ3) is 9.25. The molecule has 0 atom stereocenters. The number of fused-ring (bicyclic) bond motifs is 7. The van der Waals surface area contributed by atoms with Crippen molar-refractivity contribution in [2.24, 2.45) is 0 Å². The second kappa shape index (κ2) is 15.8. The Labute approximate surface area is 345 Å². The van der Waals surface area contributed by atoms with E-state index in [1.165, 1.54) is 27.7 Å². The second-order valence-corrected chi connectivity index (χ2v) is 18.0. The van der Waals surface area contributed by atoms with Gasteiger partial charge in [0.1, 0.15) is 34.4 Å². The van der Waals surface area contributed by atoms with Crippen LogP contribution in [0.5, 0.6) is 0 Å². The number of nitrogens with one attached hydrogen (secondary N) is 4. The molecule has 4 N–H and O–H groups in total. The minimum Gasteiger partial charge on any atom is -0.458 e. The molecule has 0 spiro atoms. The Morgan fingerprint density at radius 3 is 1.58 bits per heavy atom. The number of carbonyl (C=O) groups is 5. The normalized spacial score (nSPS) is 13.9. The molecule has 308 valence electrons. The SMILES string of the molecule is CC(C)(C)OC(=O)C(C)(C)NC(=O)C1(NC(=O)C(C)(C)NC(=O)C(C)(C)NC(=O)OCc2ccccc2)Cc2ccc3ccccc3c2-c2c(ccc3ccccc23)C1. The van der Waals surface area contributed by atoms with E-state index in [0.717, 1.165) is 49.4 Å². The van der Waals surface area contributed by atoms with Gasteiger partial charge in [0.05, 0.1) is 0 Å². The highest BCUT2D eigenvalue weighted by molar-refractivity contribution is 6.09. The second-order valence-electron chi connectivity index (χ2n) is 18.0. The Hall–Kier alpha value is -6.23. The zero-order valence-corrected chi connectivity index (χ0v) is 35.3. The number of rotatable bonds is 10. The molecule has 0 heterocycles. The molecule has 5 aromatic rings. The number of esters is 1. The van der Waals surface area contributed by atoms with Gasteiger partial charge in [0.15, 0.2) is 0 Å². The zero-order chi connectivity index (χ0) is 43.0. The lowest BCUT2D eigenvalue weighted by molar-refractivity contribution is -0.163. The van der Waals surface area contributed by atoms with Gasteiger partial charge in [-0.15, -0.1) is 0 Å². The quantitative estimate of drug-likeness (QED) is 0.107. The molecule has 11 heteroatoms. The zero-order valence-electron chi connectivity index (χ0n) is 35.3. The van der Waals surface area contributed by atoms with Crippen LogP contribution in [0.25, 0.3) is 32.7 Å². The minimum atomic E-state index is -1.68. The van der Waals surface area contributed by atoms with Crippen LogP contribution in [0.15, 0.2) is 103 Å². The summed E-state index contributed by atoms with van der Waals surface area (Å²) in [5.74, 6) is -2.57. The Morgan fingerprint density at radius 1 is 0.559 bits per heavy atom. The molecule has 0 radical (unpaired) electrons. The van der Waals surface area contributed by atoms with Crippen molar-refractivity contribution in [1.29, 1.82) is 0 Å². The van der Waals surface area contributed by atoms with Crippen LogP contribution < -0.4 is 21.3 Å². The first-order chi connectivity index (χ1) is 27.6. The molecule has 0 aromatic heterocycles. The maximum absolute atomic E-state index is 15.2. The molecule has 1 aliphatic rings. The number of carbonyl (C=O) groups excluding carboxylic acids is 5. The molecule has 5 aromatic carbocycles. The Bertz CT molecular complexity index is 2360. The highest BCUT2D eigenvalue weighted by Gasteiger charge is 2.49. The van der Waals surface area contributed by atoms with Crippen molar-refractivity contribution in [3.05, 3.63) is 120 Å². The van der Waals surface area contributed by atoms with Crippen LogP contribution in [0, 0.1) is 0 Å². The average molecular weight is 799 g/mol. The molecule has 0 saturated carbocycles. The molecular weight excluding hydrogens is 745 g/mol. The largest absolute Gasteiger partial charge is 0.458 e. The van der Waals surface area contributed by atoms with Crippen LogP contribution in [-0.4, -0.2) is 57.5 Å². The first kappa shape index (κ1) is 42.4. The van der Waals surface area contributed by atoms with E-state index >= 15 is 4.79 Å². The predicted octanol–water partition coefficient (Wildman–Crippen LogP) is 7.45. The monoisotopic (exact) mass is 798 g/mol. The van der Waals surface area contributed by atoms with E-state index in [4.69, 9.17) is 9.47 Å². The molecule has 0 unspecified atom stereocenters. The summed E-state index contributed by atoms with van der Waals surface area (Å²) in [5.41, 5.74) is -2.81. The van der Waals surface area contributed by atoms with Gasteiger partial charge in [-0.1, -0.05) is 103 Å². The molecule has 4 amide bonds. The highest BCUT2D eigenvalue weighted by Crippen LogP contribution is 2.44. The van der Waals surface area contributed by atoms with Gasteiger partial charge in [0.25, 0.3) is 0 Å². The molecular formula is C48H54N4O7. The number of alkyl carbamates (subject to hydrolysis) is 1. The van der Waals surface area contributed by atoms with E-state index in [1.807, 2.05) is 91.0 Å². The van der Waals surface area contributed by atoms with Crippen molar-refractivity contribution in [1.82, 2.24) is 21.3 Å². The van der Waals surface area contributed by atoms with Crippen LogP contribution in [-0.2, 0) is 48.1 Å². The van der Waals surface area contributed by atoms with Crippen molar-refractivity contribution in [3.63, 3.8) is 0 Å². The fourth-order valence-electron chi connectivity index (χ4n) is 7.34. The van der Waals surface area contributed by atoms with E-state index in [2.05, 4.69) is 33.4 Å². The van der Waals surface area contributed by atoms with E-state index in [-0.39, 0.29) is 19.4 Å². The molecule has 1 aliphatic carbocycles. The summed E-state index contributed by atoms with van der Waals surface area (Å²) in [6.45, 7) is 14.4. The van der Waals surface area contributed by atoms with Gasteiger partial charge in [0, 0.05) is 12.8 Å². The lowest BCUT2D eigenvalue weighted by Gasteiger charge is -2.39. The maximum Gasteiger partial charge on any atom is 0.408 e. The number of hydrogen-bond donors (Lipinski definition) is 4.